The largest absolute Gasteiger partial charge is 0.490 e. The van der Waals surface area contributed by atoms with Crippen molar-refractivity contribution in [2.45, 2.75) is 43.8 Å². The number of hydrogen-bond acceptors (Lipinski definition) is 7. The molecule has 3 unspecified atom stereocenters. The second-order valence-corrected chi connectivity index (χ2v) is 9.19. The van der Waals surface area contributed by atoms with Crippen molar-refractivity contribution >= 4 is 33.5 Å². The molecule has 6 nitrogen and oxygen atoms in total. The Morgan fingerprint density at radius 1 is 1.08 bits per heavy atom. The van der Waals surface area contributed by atoms with Crippen LogP contribution in [0.5, 0.6) is 5.75 Å². The number of thiophene rings is 1. The quantitative estimate of drug-likeness (QED) is 0.302. The van der Waals surface area contributed by atoms with Crippen LogP contribution in [0.15, 0.2) is 54.6 Å². The van der Waals surface area contributed by atoms with Gasteiger partial charge < -0.3 is 24.8 Å². The van der Waals surface area contributed by atoms with Crippen LogP contribution in [-0.2, 0) is 15.7 Å². The van der Waals surface area contributed by atoms with Crippen molar-refractivity contribution in [2.24, 2.45) is 0 Å². The molecule has 0 saturated carbocycles. The molecule has 194 valence electrons. The van der Waals surface area contributed by atoms with Crippen molar-refractivity contribution in [3.8, 4) is 5.75 Å². The van der Waals surface area contributed by atoms with Crippen molar-refractivity contribution in [1.29, 1.82) is 0 Å². The molecule has 0 bridgehead atoms. The molecular weight excluding hydrogens is 497 g/mol. The number of aliphatic hydroxyl groups is 3. The van der Waals surface area contributed by atoms with Crippen molar-refractivity contribution < 1.29 is 42.8 Å². The molecule has 10 heteroatoms. The molecule has 2 aromatic carbocycles. The van der Waals surface area contributed by atoms with Crippen LogP contribution in [0.4, 0.5) is 13.2 Å². The van der Waals surface area contributed by atoms with Crippen molar-refractivity contribution in [2.75, 3.05) is 13.7 Å². The van der Waals surface area contributed by atoms with E-state index in [0.717, 1.165) is 22.2 Å². The highest BCUT2D eigenvalue weighted by Gasteiger charge is 2.30. The predicted molar refractivity (Wildman–Crippen MR) is 131 cm³/mol. The number of fused-ring (bicyclic) bond motifs is 1. The molecule has 1 heterocycles. The summed E-state index contributed by atoms with van der Waals surface area (Å²) in [6.07, 6.45) is -4.11. The third-order valence-electron chi connectivity index (χ3n) is 5.52. The van der Waals surface area contributed by atoms with Crippen LogP contribution in [0.3, 0.4) is 0 Å². The number of carbonyl (C=O) groups is 1. The van der Waals surface area contributed by atoms with Gasteiger partial charge in [-0.15, -0.1) is 11.3 Å². The maximum Gasteiger partial charge on any atom is 0.416 e. The molecular formula is C26H27F3O6S. The fraction of sp³-hybridized carbons (Fsp3) is 0.346. The van der Waals surface area contributed by atoms with Gasteiger partial charge in [0.25, 0.3) is 0 Å². The molecule has 0 saturated heterocycles. The van der Waals surface area contributed by atoms with Gasteiger partial charge in [-0.05, 0) is 48.7 Å². The van der Waals surface area contributed by atoms with E-state index in [2.05, 4.69) is 4.74 Å². The zero-order valence-electron chi connectivity index (χ0n) is 19.4. The summed E-state index contributed by atoms with van der Waals surface area (Å²) in [7, 11) is 1.28. The van der Waals surface area contributed by atoms with Gasteiger partial charge in [0.15, 0.2) is 0 Å². The molecule has 1 aromatic heterocycles. The lowest BCUT2D eigenvalue weighted by molar-refractivity contribution is -0.141. The van der Waals surface area contributed by atoms with Crippen LogP contribution < -0.4 is 4.74 Å². The van der Waals surface area contributed by atoms with E-state index in [4.69, 9.17) is 4.74 Å². The molecule has 0 aliphatic carbocycles. The van der Waals surface area contributed by atoms with Gasteiger partial charge in [-0.25, -0.2) is 0 Å². The molecule has 0 fully saturated rings. The first-order valence-corrected chi connectivity index (χ1v) is 12.0. The van der Waals surface area contributed by atoms with E-state index in [1.165, 1.54) is 36.7 Å². The summed E-state index contributed by atoms with van der Waals surface area (Å²) < 4.78 is 49.2. The summed E-state index contributed by atoms with van der Waals surface area (Å²) in [6.45, 7) is -0.197. The van der Waals surface area contributed by atoms with E-state index in [-0.39, 0.29) is 25.2 Å². The van der Waals surface area contributed by atoms with Crippen molar-refractivity contribution in [3.63, 3.8) is 0 Å². The first-order valence-electron chi connectivity index (χ1n) is 11.2. The SMILES string of the molecule is COC(=O)CCCC(O)C(O)/C=C/c1c(C(O)COc2ccc(C(F)(F)F)cc2)sc2ccccc12. The number of esters is 1. The van der Waals surface area contributed by atoms with Gasteiger partial charge in [0, 0.05) is 21.4 Å². The number of carbonyl (C=O) groups excluding carboxylic acids is 1. The monoisotopic (exact) mass is 524 g/mol. The van der Waals surface area contributed by atoms with E-state index in [1.807, 2.05) is 24.3 Å². The lowest BCUT2D eigenvalue weighted by Crippen LogP contribution is -2.23. The molecule has 3 atom stereocenters. The summed E-state index contributed by atoms with van der Waals surface area (Å²) in [5.74, 6) is -0.208. The fourth-order valence-electron chi connectivity index (χ4n) is 3.55. The minimum atomic E-state index is -4.45. The Balaban J connectivity index is 1.71. The van der Waals surface area contributed by atoms with E-state index in [0.29, 0.717) is 16.9 Å². The lowest BCUT2D eigenvalue weighted by atomic mass is 10.0. The average molecular weight is 525 g/mol. The number of benzene rings is 2. The number of rotatable bonds is 11. The van der Waals surface area contributed by atoms with Gasteiger partial charge in [-0.3, -0.25) is 4.79 Å². The van der Waals surface area contributed by atoms with E-state index >= 15 is 0 Å². The summed E-state index contributed by atoms with van der Waals surface area (Å²) in [5.41, 5.74) is -0.154. The maximum atomic E-state index is 12.8. The second-order valence-electron chi connectivity index (χ2n) is 8.11. The van der Waals surface area contributed by atoms with Gasteiger partial charge >= 0.3 is 12.1 Å². The van der Waals surface area contributed by atoms with Crippen LogP contribution in [0.25, 0.3) is 16.2 Å². The van der Waals surface area contributed by atoms with Gasteiger partial charge in [-0.1, -0.05) is 30.4 Å². The Hall–Kier alpha value is -2.92. The van der Waals surface area contributed by atoms with Gasteiger partial charge in [0.05, 0.1) is 24.9 Å². The topological polar surface area (TPSA) is 96.2 Å². The fourth-order valence-corrected chi connectivity index (χ4v) is 4.71. The lowest BCUT2D eigenvalue weighted by Gasteiger charge is -2.15. The zero-order valence-corrected chi connectivity index (χ0v) is 20.3. The highest BCUT2D eigenvalue weighted by atomic mass is 32.1. The Morgan fingerprint density at radius 3 is 2.44 bits per heavy atom. The van der Waals surface area contributed by atoms with Crippen LogP contribution in [0.1, 0.15) is 41.4 Å². The Bertz CT molecular complexity index is 1170. The molecule has 0 aliphatic rings. The third kappa shape index (κ3) is 7.30. The number of ether oxygens (including phenoxy) is 2. The minimum Gasteiger partial charge on any atom is -0.490 e. The third-order valence-corrected chi connectivity index (χ3v) is 6.81. The highest BCUT2D eigenvalue weighted by molar-refractivity contribution is 7.19. The molecule has 0 spiro atoms. The number of alkyl halides is 3. The van der Waals surface area contributed by atoms with Crippen molar-refractivity contribution in [3.05, 3.63) is 70.6 Å². The Morgan fingerprint density at radius 2 is 1.78 bits per heavy atom. The van der Waals surface area contributed by atoms with Crippen LogP contribution in [0.2, 0.25) is 0 Å². The number of halogens is 3. The van der Waals surface area contributed by atoms with E-state index < -0.39 is 36.0 Å². The molecule has 36 heavy (non-hydrogen) atoms. The molecule has 0 aliphatic heterocycles. The molecule has 3 aromatic rings. The Labute approximate surface area is 210 Å². The van der Waals surface area contributed by atoms with Crippen LogP contribution in [0, 0.1) is 0 Å². The molecule has 3 rings (SSSR count). The summed E-state index contributed by atoms with van der Waals surface area (Å²) in [4.78, 5) is 11.8. The Kier molecular flexibility index (Phi) is 9.49. The normalized spacial score (nSPS) is 14.6. The smallest absolute Gasteiger partial charge is 0.416 e. The molecule has 3 N–H and O–H groups in total. The minimum absolute atomic E-state index is 0.133. The second kappa shape index (κ2) is 12.4. The van der Waals surface area contributed by atoms with Crippen LogP contribution >= 0.6 is 11.3 Å². The average Bonchev–Trinajstić information content (AvgIpc) is 3.24. The van der Waals surface area contributed by atoms with Gasteiger partial charge in [0.1, 0.15) is 18.5 Å². The summed E-state index contributed by atoms with van der Waals surface area (Å²) in [5, 5.41) is 32.2. The zero-order chi connectivity index (χ0) is 26.3. The van der Waals surface area contributed by atoms with Crippen molar-refractivity contribution in [1.82, 2.24) is 0 Å². The van der Waals surface area contributed by atoms with E-state index in [1.54, 1.807) is 6.08 Å². The first-order chi connectivity index (χ1) is 17.1. The number of hydrogen-bond donors (Lipinski definition) is 3. The summed E-state index contributed by atoms with van der Waals surface area (Å²) >= 11 is 1.33. The first kappa shape index (κ1) is 27.7. The highest BCUT2D eigenvalue weighted by Crippen LogP contribution is 2.37. The van der Waals surface area contributed by atoms with Gasteiger partial charge in [0.2, 0.25) is 0 Å². The maximum absolute atomic E-state index is 12.8. The van der Waals surface area contributed by atoms with Gasteiger partial charge in [-0.2, -0.15) is 13.2 Å². The molecule has 0 radical (unpaired) electrons. The van der Waals surface area contributed by atoms with E-state index in [9.17, 15) is 33.3 Å². The summed E-state index contributed by atoms with van der Waals surface area (Å²) in [6, 6.07) is 11.6. The number of methoxy groups -OCH3 is 1. The molecule has 0 amide bonds. The van der Waals surface area contributed by atoms with Crippen LogP contribution in [-0.4, -0.2) is 47.2 Å². The standard InChI is InChI=1S/C26H27F3O6S/c1-34-24(33)8-4-6-20(30)21(31)14-13-19-18-5-2-3-7-23(18)36-25(19)22(32)15-35-17-11-9-16(10-12-17)26(27,28)29/h2-3,5,7,9-14,20-22,30-32H,4,6,8,15H2,1H3/b14-13+. The number of aliphatic hydroxyl groups excluding tert-OH is 3. The predicted octanol–water partition coefficient (Wildman–Crippen LogP) is 5.11.